The van der Waals surface area contributed by atoms with Gasteiger partial charge in [-0.25, -0.2) is 0 Å². The summed E-state index contributed by atoms with van der Waals surface area (Å²) in [5.41, 5.74) is 3.83. The van der Waals surface area contributed by atoms with Gasteiger partial charge in [0.15, 0.2) is 0 Å². The predicted molar refractivity (Wildman–Crippen MR) is 120 cm³/mol. The van der Waals surface area contributed by atoms with Gasteiger partial charge in [-0.05, 0) is 74.2 Å². The summed E-state index contributed by atoms with van der Waals surface area (Å²) in [5, 5.41) is 6.24. The van der Waals surface area contributed by atoms with E-state index in [1.165, 1.54) is 27.4 Å². The molecule has 1 aliphatic rings. The van der Waals surface area contributed by atoms with E-state index in [4.69, 9.17) is 9.47 Å². The number of hydrogen-bond acceptors (Lipinski definition) is 3. The minimum absolute atomic E-state index is 0.373. The topological polar surface area (TPSA) is 35.4 Å². The number of nitrogens with zero attached hydrogens (tertiary/aromatic N) is 1. The van der Waals surface area contributed by atoms with Crippen LogP contribution < -0.4 is 10.1 Å². The van der Waals surface area contributed by atoms with E-state index in [1.54, 1.807) is 14.2 Å². The summed E-state index contributed by atoms with van der Waals surface area (Å²) in [4.78, 5) is 0. The van der Waals surface area contributed by atoms with Crippen LogP contribution in [-0.4, -0.2) is 24.8 Å². The van der Waals surface area contributed by atoms with Crippen molar-refractivity contribution in [3.63, 3.8) is 0 Å². The molecule has 29 heavy (non-hydrogen) atoms. The van der Waals surface area contributed by atoms with Gasteiger partial charge in [0.1, 0.15) is 11.5 Å². The van der Waals surface area contributed by atoms with Crippen molar-refractivity contribution in [2.45, 2.75) is 39.4 Å². The third kappa shape index (κ3) is 3.77. The lowest BCUT2D eigenvalue weighted by Gasteiger charge is -2.24. The number of methoxy groups -OCH3 is 2. The Morgan fingerprint density at radius 2 is 1.83 bits per heavy atom. The number of ether oxygens (including phenoxy) is 2. The first-order valence-electron chi connectivity index (χ1n) is 10.4. The summed E-state index contributed by atoms with van der Waals surface area (Å²) in [6, 6.07) is 13.5. The normalized spacial score (nSPS) is 17.5. The van der Waals surface area contributed by atoms with Crippen LogP contribution in [0.4, 0.5) is 0 Å². The molecule has 0 fully saturated rings. The Hall–Kier alpha value is -2.72. The quantitative estimate of drug-likeness (QED) is 0.586. The lowest BCUT2D eigenvalue weighted by molar-refractivity contribution is 0.294. The zero-order chi connectivity index (χ0) is 20.4. The molecule has 0 amide bonds. The van der Waals surface area contributed by atoms with Crippen molar-refractivity contribution in [1.29, 1.82) is 0 Å². The Morgan fingerprint density at radius 3 is 2.55 bits per heavy atom. The van der Waals surface area contributed by atoms with Crippen molar-refractivity contribution in [3.8, 4) is 5.75 Å². The molecule has 4 nitrogen and oxygen atoms in total. The van der Waals surface area contributed by atoms with E-state index in [0.29, 0.717) is 12.0 Å². The molecule has 0 saturated carbocycles. The van der Waals surface area contributed by atoms with Crippen LogP contribution in [0.3, 0.4) is 0 Å². The highest BCUT2D eigenvalue weighted by atomic mass is 16.5. The standard InChI is InChI=1S/C25H30N2O2/c1-5-27-24-11-9-18(13-22(24)23-15-21(29-4)10-12-25(23)27)16-26-17(2)19-7-6-8-20(14-19)28-3/h6,8-15,17,19,26H,5,7,16H2,1-4H3/t17-,19?/m1/s1. The summed E-state index contributed by atoms with van der Waals surface area (Å²) in [5.74, 6) is 2.30. The zero-order valence-electron chi connectivity index (χ0n) is 17.7. The molecule has 0 spiro atoms. The minimum atomic E-state index is 0.373. The van der Waals surface area contributed by atoms with Crippen molar-refractivity contribution in [2.75, 3.05) is 14.2 Å². The van der Waals surface area contributed by atoms with Gasteiger partial charge in [-0.3, -0.25) is 0 Å². The smallest absolute Gasteiger partial charge is 0.119 e. The third-order valence-corrected chi connectivity index (χ3v) is 6.03. The molecule has 4 heteroatoms. The van der Waals surface area contributed by atoms with E-state index in [0.717, 1.165) is 31.0 Å². The fourth-order valence-electron chi connectivity index (χ4n) is 4.30. The van der Waals surface area contributed by atoms with Gasteiger partial charge in [-0.1, -0.05) is 12.1 Å². The van der Waals surface area contributed by atoms with Gasteiger partial charge in [-0.15, -0.1) is 0 Å². The van der Waals surface area contributed by atoms with E-state index in [9.17, 15) is 0 Å². The molecule has 1 unspecified atom stereocenters. The van der Waals surface area contributed by atoms with E-state index in [2.05, 4.69) is 72.3 Å². The second-order valence-electron chi connectivity index (χ2n) is 7.72. The fraction of sp³-hybridized carbons (Fsp3) is 0.360. The summed E-state index contributed by atoms with van der Waals surface area (Å²) >= 11 is 0. The number of rotatable bonds is 7. The molecule has 0 aliphatic heterocycles. The van der Waals surface area contributed by atoms with Gasteiger partial charge >= 0.3 is 0 Å². The summed E-state index contributed by atoms with van der Waals surface area (Å²) in [6.45, 7) is 6.24. The third-order valence-electron chi connectivity index (χ3n) is 6.03. The Balaban J connectivity index is 1.59. The number of hydrogen-bond donors (Lipinski definition) is 1. The predicted octanol–water partition coefficient (Wildman–Crippen LogP) is 5.41. The van der Waals surface area contributed by atoms with Crippen LogP contribution in [0.25, 0.3) is 21.8 Å². The molecule has 1 heterocycles. The van der Waals surface area contributed by atoms with Crippen molar-refractivity contribution >= 4 is 21.8 Å². The molecule has 2 atom stereocenters. The fourth-order valence-corrected chi connectivity index (χ4v) is 4.30. The Bertz CT molecular complexity index is 1080. The van der Waals surface area contributed by atoms with Crippen LogP contribution in [0, 0.1) is 5.92 Å². The molecule has 3 aromatic rings. The first-order chi connectivity index (χ1) is 14.1. The number of fused-ring (bicyclic) bond motifs is 3. The summed E-state index contributed by atoms with van der Waals surface area (Å²) in [6.07, 6.45) is 7.52. The van der Waals surface area contributed by atoms with Gasteiger partial charge in [0, 0.05) is 40.9 Å². The van der Waals surface area contributed by atoms with E-state index >= 15 is 0 Å². The van der Waals surface area contributed by atoms with Gasteiger partial charge in [0.05, 0.1) is 14.2 Å². The number of allylic oxidation sites excluding steroid dienone is 2. The van der Waals surface area contributed by atoms with Crippen LogP contribution in [0.15, 0.2) is 60.4 Å². The van der Waals surface area contributed by atoms with Crippen LogP contribution >= 0.6 is 0 Å². The molecule has 1 N–H and O–H groups in total. The van der Waals surface area contributed by atoms with Crippen LogP contribution in [-0.2, 0) is 17.8 Å². The lowest BCUT2D eigenvalue weighted by Crippen LogP contribution is -2.32. The van der Waals surface area contributed by atoms with E-state index < -0.39 is 0 Å². The lowest BCUT2D eigenvalue weighted by atomic mass is 9.93. The second kappa shape index (κ2) is 8.34. The van der Waals surface area contributed by atoms with Crippen LogP contribution in [0.5, 0.6) is 5.75 Å². The first kappa shape index (κ1) is 19.6. The first-order valence-corrected chi connectivity index (χ1v) is 10.4. The van der Waals surface area contributed by atoms with Crippen molar-refractivity contribution in [1.82, 2.24) is 9.88 Å². The molecular formula is C25H30N2O2. The van der Waals surface area contributed by atoms with Gasteiger partial charge in [0.2, 0.25) is 0 Å². The molecule has 4 rings (SSSR count). The number of nitrogens with one attached hydrogen (secondary N) is 1. The van der Waals surface area contributed by atoms with Gasteiger partial charge in [-0.2, -0.15) is 0 Å². The summed E-state index contributed by atoms with van der Waals surface area (Å²) < 4.78 is 13.2. The molecule has 1 aliphatic carbocycles. The van der Waals surface area contributed by atoms with Crippen LogP contribution in [0.1, 0.15) is 25.8 Å². The molecule has 0 saturated heterocycles. The average Bonchev–Trinajstić information content (AvgIpc) is 3.09. The van der Waals surface area contributed by atoms with Crippen molar-refractivity contribution in [2.24, 2.45) is 5.92 Å². The Morgan fingerprint density at radius 1 is 1.07 bits per heavy atom. The van der Waals surface area contributed by atoms with Crippen molar-refractivity contribution in [3.05, 3.63) is 65.9 Å². The van der Waals surface area contributed by atoms with E-state index in [1.807, 2.05) is 6.07 Å². The molecule has 152 valence electrons. The minimum Gasteiger partial charge on any atom is -0.497 e. The SMILES string of the molecule is CCn1c2ccc(CN[C@H](C)C3C=C(OC)C=CC3)cc2c2cc(OC)ccc21. The molecule has 0 radical (unpaired) electrons. The van der Waals surface area contributed by atoms with Gasteiger partial charge < -0.3 is 19.4 Å². The zero-order valence-corrected chi connectivity index (χ0v) is 17.7. The Kier molecular flexibility index (Phi) is 5.63. The molecule has 1 aromatic heterocycles. The molecule has 2 aromatic carbocycles. The highest BCUT2D eigenvalue weighted by molar-refractivity contribution is 6.08. The molecular weight excluding hydrogens is 360 g/mol. The summed E-state index contributed by atoms with van der Waals surface area (Å²) in [7, 11) is 3.45. The highest BCUT2D eigenvalue weighted by Crippen LogP contribution is 2.32. The second-order valence-corrected chi connectivity index (χ2v) is 7.72. The highest BCUT2D eigenvalue weighted by Gasteiger charge is 2.17. The van der Waals surface area contributed by atoms with Crippen molar-refractivity contribution < 1.29 is 9.47 Å². The number of aryl methyl sites for hydroxylation is 1. The number of aromatic nitrogens is 1. The number of benzene rings is 2. The monoisotopic (exact) mass is 390 g/mol. The average molecular weight is 391 g/mol. The molecule has 0 bridgehead atoms. The maximum atomic E-state index is 5.47. The van der Waals surface area contributed by atoms with E-state index in [-0.39, 0.29) is 0 Å². The largest absolute Gasteiger partial charge is 0.497 e. The van der Waals surface area contributed by atoms with Gasteiger partial charge in [0.25, 0.3) is 0 Å². The Labute approximate surface area is 172 Å². The van der Waals surface area contributed by atoms with Crippen LogP contribution in [0.2, 0.25) is 0 Å². The maximum absolute atomic E-state index is 5.47. The maximum Gasteiger partial charge on any atom is 0.119 e.